The molecule has 2 aromatic carbocycles. The van der Waals surface area contributed by atoms with Crippen LogP contribution in [-0.2, 0) is 26.2 Å². The number of nitro benzene ring substituents is 1. The lowest BCUT2D eigenvalue weighted by Crippen LogP contribution is -2.51. The van der Waals surface area contributed by atoms with Gasteiger partial charge in [-0.05, 0) is 31.0 Å². The Morgan fingerprint density at radius 1 is 1.08 bits per heavy atom. The summed E-state index contributed by atoms with van der Waals surface area (Å²) >= 11 is 12.6. The fourth-order valence-electron chi connectivity index (χ4n) is 3.26. The molecule has 0 saturated heterocycles. The number of anilines is 1. The van der Waals surface area contributed by atoms with Gasteiger partial charge in [0.2, 0.25) is 21.8 Å². The summed E-state index contributed by atoms with van der Waals surface area (Å²) in [6, 6.07) is 8.72. The largest absolute Gasteiger partial charge is 0.354 e. The van der Waals surface area contributed by atoms with Crippen LogP contribution in [0.3, 0.4) is 0 Å². The van der Waals surface area contributed by atoms with Crippen LogP contribution in [0.25, 0.3) is 0 Å². The zero-order chi connectivity index (χ0) is 27.2. The maximum absolute atomic E-state index is 13.5. The molecule has 2 amide bonds. The topological polar surface area (TPSA) is 130 Å². The quantitative estimate of drug-likeness (QED) is 0.329. The highest BCUT2D eigenvalue weighted by atomic mass is 35.5. The average Bonchev–Trinajstić information content (AvgIpc) is 2.79. The molecule has 0 radical (unpaired) electrons. The van der Waals surface area contributed by atoms with E-state index in [1.54, 1.807) is 18.2 Å². The normalized spacial score (nSPS) is 12.2. The molecule has 36 heavy (non-hydrogen) atoms. The number of nitro groups is 1. The highest BCUT2D eigenvalue weighted by Gasteiger charge is 2.31. The zero-order valence-electron chi connectivity index (χ0n) is 20.3. The van der Waals surface area contributed by atoms with Gasteiger partial charge in [0.25, 0.3) is 5.69 Å². The van der Waals surface area contributed by atoms with E-state index in [2.05, 4.69) is 5.32 Å². The van der Waals surface area contributed by atoms with Gasteiger partial charge in [0.1, 0.15) is 12.6 Å². The van der Waals surface area contributed by atoms with Gasteiger partial charge in [-0.2, -0.15) is 0 Å². The van der Waals surface area contributed by atoms with Crippen molar-refractivity contribution in [1.82, 2.24) is 10.2 Å². The summed E-state index contributed by atoms with van der Waals surface area (Å²) in [5.74, 6) is -1.01. The van der Waals surface area contributed by atoms with Gasteiger partial charge in [-0.3, -0.25) is 24.0 Å². The van der Waals surface area contributed by atoms with Gasteiger partial charge < -0.3 is 10.2 Å². The van der Waals surface area contributed by atoms with Crippen molar-refractivity contribution in [2.24, 2.45) is 5.92 Å². The van der Waals surface area contributed by atoms with Crippen molar-refractivity contribution in [3.8, 4) is 0 Å². The van der Waals surface area contributed by atoms with Crippen molar-refractivity contribution in [2.75, 3.05) is 23.7 Å². The van der Waals surface area contributed by atoms with Crippen LogP contribution in [0.4, 0.5) is 11.4 Å². The van der Waals surface area contributed by atoms with Crippen molar-refractivity contribution >= 4 is 56.4 Å². The third-order valence-corrected chi connectivity index (χ3v) is 7.10. The Hall–Kier alpha value is -2.89. The van der Waals surface area contributed by atoms with E-state index >= 15 is 0 Å². The van der Waals surface area contributed by atoms with Crippen molar-refractivity contribution in [1.29, 1.82) is 0 Å². The Balaban J connectivity index is 2.47. The smallest absolute Gasteiger partial charge is 0.271 e. The van der Waals surface area contributed by atoms with E-state index in [4.69, 9.17) is 23.2 Å². The molecule has 196 valence electrons. The summed E-state index contributed by atoms with van der Waals surface area (Å²) in [6.45, 7) is 4.85. The van der Waals surface area contributed by atoms with Crippen molar-refractivity contribution in [3.63, 3.8) is 0 Å². The van der Waals surface area contributed by atoms with E-state index < -0.39 is 39.3 Å². The summed E-state index contributed by atoms with van der Waals surface area (Å²) in [7, 11) is -4.04. The molecule has 0 fully saturated rings. The zero-order valence-corrected chi connectivity index (χ0v) is 22.6. The number of non-ortho nitro benzene ring substituents is 1. The minimum atomic E-state index is -4.04. The number of benzene rings is 2. The van der Waals surface area contributed by atoms with Gasteiger partial charge in [0.05, 0.1) is 16.9 Å². The fourth-order valence-corrected chi connectivity index (χ4v) is 4.62. The first-order valence-corrected chi connectivity index (χ1v) is 13.5. The van der Waals surface area contributed by atoms with E-state index in [-0.39, 0.29) is 33.9 Å². The summed E-state index contributed by atoms with van der Waals surface area (Å²) < 4.78 is 25.9. The highest BCUT2D eigenvalue weighted by molar-refractivity contribution is 7.92. The number of nitrogens with zero attached hydrogens (tertiary/aromatic N) is 3. The third kappa shape index (κ3) is 7.81. The Kier molecular flexibility index (Phi) is 10.1. The van der Waals surface area contributed by atoms with Gasteiger partial charge in [-0.25, -0.2) is 8.42 Å². The maximum atomic E-state index is 13.5. The first-order valence-electron chi connectivity index (χ1n) is 10.9. The lowest BCUT2D eigenvalue weighted by Gasteiger charge is -2.32. The summed E-state index contributed by atoms with van der Waals surface area (Å²) in [5, 5.41) is 14.5. The molecule has 0 aliphatic heterocycles. The van der Waals surface area contributed by atoms with Gasteiger partial charge in [0, 0.05) is 40.8 Å². The van der Waals surface area contributed by atoms with Gasteiger partial charge >= 0.3 is 0 Å². The minimum Gasteiger partial charge on any atom is -0.354 e. The molecular formula is C23H28Cl2N4O6S. The lowest BCUT2D eigenvalue weighted by molar-refractivity contribution is -0.384. The molecule has 1 N–H and O–H groups in total. The molecule has 2 rings (SSSR count). The number of sulfonamides is 1. The first-order chi connectivity index (χ1) is 16.7. The molecule has 0 unspecified atom stereocenters. The number of hydrogen-bond donors (Lipinski definition) is 1. The number of hydrogen-bond acceptors (Lipinski definition) is 6. The molecule has 0 bridgehead atoms. The predicted molar refractivity (Wildman–Crippen MR) is 140 cm³/mol. The van der Waals surface area contributed by atoms with Crippen LogP contribution >= 0.6 is 23.2 Å². The second-order valence-corrected chi connectivity index (χ2v) is 11.3. The molecule has 0 saturated carbocycles. The standard InChI is InChI=1S/C23H28Cl2N4O6S/c1-15(2)12-26-23(31)16(3)27(13-19-20(24)9-6-10-21(19)25)22(30)14-28(36(4,34)35)17-7-5-8-18(11-17)29(32)33/h5-11,15-16H,12-14H2,1-4H3,(H,26,31)/t16-/m1/s1. The molecule has 0 aromatic heterocycles. The Morgan fingerprint density at radius 2 is 1.67 bits per heavy atom. The number of nitrogens with one attached hydrogen (secondary N) is 1. The molecule has 0 aliphatic rings. The molecule has 0 heterocycles. The highest BCUT2D eigenvalue weighted by Crippen LogP contribution is 2.28. The van der Waals surface area contributed by atoms with Crippen molar-refractivity contribution in [2.45, 2.75) is 33.4 Å². The van der Waals surface area contributed by atoms with Gasteiger partial charge in [-0.1, -0.05) is 49.2 Å². The van der Waals surface area contributed by atoms with Gasteiger partial charge in [-0.15, -0.1) is 0 Å². The van der Waals surface area contributed by atoms with E-state index in [0.29, 0.717) is 12.1 Å². The molecule has 1 atom stereocenters. The average molecular weight is 559 g/mol. The molecular weight excluding hydrogens is 531 g/mol. The fraction of sp³-hybridized carbons (Fsp3) is 0.391. The predicted octanol–water partition coefficient (Wildman–Crippen LogP) is 3.86. The van der Waals surface area contributed by atoms with Crippen LogP contribution in [0.2, 0.25) is 10.0 Å². The number of rotatable bonds is 11. The second-order valence-electron chi connectivity index (χ2n) is 8.58. The van der Waals surface area contributed by atoms with Crippen LogP contribution in [0.15, 0.2) is 42.5 Å². The Labute approximate surface area is 220 Å². The summed E-state index contributed by atoms with van der Waals surface area (Å²) in [4.78, 5) is 38.1. The summed E-state index contributed by atoms with van der Waals surface area (Å²) in [6.07, 6.45) is 0.882. The van der Waals surface area contributed by atoms with Crippen LogP contribution in [-0.4, -0.2) is 55.4 Å². The van der Waals surface area contributed by atoms with Crippen molar-refractivity contribution < 1.29 is 22.9 Å². The molecule has 0 spiro atoms. The number of carbonyl (C=O) groups is 2. The van der Waals surface area contributed by atoms with Crippen LogP contribution in [0.5, 0.6) is 0 Å². The molecule has 0 aliphatic carbocycles. The number of carbonyl (C=O) groups excluding carboxylic acids is 2. The SMILES string of the molecule is CC(C)CNC(=O)[C@@H](C)N(Cc1c(Cl)cccc1Cl)C(=O)CN(c1cccc([N+](=O)[O-])c1)S(C)(=O)=O. The maximum Gasteiger partial charge on any atom is 0.271 e. The monoisotopic (exact) mass is 558 g/mol. The van der Waals surface area contributed by atoms with Crippen LogP contribution < -0.4 is 9.62 Å². The van der Waals surface area contributed by atoms with E-state index in [9.17, 15) is 28.1 Å². The van der Waals surface area contributed by atoms with Crippen LogP contribution in [0.1, 0.15) is 26.3 Å². The van der Waals surface area contributed by atoms with E-state index in [0.717, 1.165) is 16.6 Å². The van der Waals surface area contributed by atoms with E-state index in [1.807, 2.05) is 13.8 Å². The molecule has 10 nitrogen and oxygen atoms in total. The Morgan fingerprint density at radius 3 is 2.19 bits per heavy atom. The Bertz CT molecular complexity index is 1220. The lowest BCUT2D eigenvalue weighted by atomic mass is 10.1. The van der Waals surface area contributed by atoms with Gasteiger partial charge in [0.15, 0.2) is 0 Å². The summed E-state index contributed by atoms with van der Waals surface area (Å²) in [5.41, 5.74) is -0.0126. The van der Waals surface area contributed by atoms with Crippen molar-refractivity contribution in [3.05, 3.63) is 68.2 Å². The minimum absolute atomic E-state index is 0.0623. The number of amides is 2. The second kappa shape index (κ2) is 12.4. The molecule has 2 aromatic rings. The van der Waals surface area contributed by atoms with E-state index in [1.165, 1.54) is 30.0 Å². The number of halogens is 2. The van der Waals surface area contributed by atoms with Crippen LogP contribution in [0, 0.1) is 16.0 Å². The first kappa shape index (κ1) is 29.3. The third-order valence-electron chi connectivity index (χ3n) is 5.25. The molecule has 13 heteroatoms.